The number of hydrogen-bond donors (Lipinski definition) is 5. The van der Waals surface area contributed by atoms with Gasteiger partial charge >= 0.3 is 0 Å². The van der Waals surface area contributed by atoms with Gasteiger partial charge in [0.05, 0.1) is 7.11 Å². The summed E-state index contributed by atoms with van der Waals surface area (Å²) in [7, 11) is 1.68. The number of ether oxygens (including phenoxy) is 1. The molecule has 3 heterocycles. The molecule has 31 heavy (non-hydrogen) atoms. The summed E-state index contributed by atoms with van der Waals surface area (Å²) in [4.78, 5) is 11.3. The largest absolute Gasteiger partial charge is 0.497 e. The van der Waals surface area contributed by atoms with E-state index in [9.17, 15) is 0 Å². The topological polar surface area (TPSA) is 103 Å². The van der Waals surface area contributed by atoms with Gasteiger partial charge in [0.25, 0.3) is 0 Å². The van der Waals surface area contributed by atoms with Crippen molar-refractivity contribution in [3.05, 3.63) is 78.3 Å². The van der Waals surface area contributed by atoms with Gasteiger partial charge in [-0.2, -0.15) is 0 Å². The number of nitrogens with two attached hydrogens (primary N) is 1. The number of aliphatic imine (C=N–C) groups is 1. The summed E-state index contributed by atoms with van der Waals surface area (Å²) < 4.78 is 5.35. The first-order valence-electron chi connectivity index (χ1n) is 10.4. The highest BCUT2D eigenvalue weighted by molar-refractivity contribution is 5.85. The van der Waals surface area contributed by atoms with Gasteiger partial charge in [0.2, 0.25) is 0 Å². The Hall–Kier alpha value is -3.71. The molecule has 0 spiro atoms. The van der Waals surface area contributed by atoms with E-state index in [1.165, 1.54) is 10.9 Å². The van der Waals surface area contributed by atoms with Crippen molar-refractivity contribution in [1.29, 1.82) is 0 Å². The standard InChI is InChI=1S/C24H26N6O/c1-31-19-4-5-21-20(13-19)18(15-29-21)7-10-27-23-28-11-8-24(25,30-23)14-16-2-3-17-6-9-26-22(17)12-16/h2-6,8-9,11-13,15,26,29H,7,10,14,25H2,1H3,(H2,27,28,30). The van der Waals surface area contributed by atoms with E-state index < -0.39 is 5.66 Å². The van der Waals surface area contributed by atoms with Crippen molar-refractivity contribution in [3.63, 3.8) is 0 Å². The van der Waals surface area contributed by atoms with Crippen molar-refractivity contribution >= 4 is 27.8 Å². The fourth-order valence-electron chi connectivity index (χ4n) is 4.08. The van der Waals surface area contributed by atoms with Gasteiger partial charge in [-0.25, -0.2) is 0 Å². The molecule has 1 unspecified atom stereocenters. The van der Waals surface area contributed by atoms with Crippen LogP contribution in [-0.2, 0) is 12.8 Å². The third kappa shape index (κ3) is 4.00. The van der Waals surface area contributed by atoms with Crippen molar-refractivity contribution in [3.8, 4) is 5.75 Å². The lowest BCUT2D eigenvalue weighted by Gasteiger charge is -2.32. The van der Waals surface area contributed by atoms with Crippen LogP contribution in [0.4, 0.5) is 0 Å². The van der Waals surface area contributed by atoms with Crippen LogP contribution in [0.1, 0.15) is 11.1 Å². The summed E-state index contributed by atoms with van der Waals surface area (Å²) in [5.41, 5.74) is 10.5. The minimum atomic E-state index is -0.696. The summed E-state index contributed by atoms with van der Waals surface area (Å²) in [6.45, 7) is 0.637. The number of nitrogens with one attached hydrogen (secondary N) is 4. The summed E-state index contributed by atoms with van der Waals surface area (Å²) in [5.74, 6) is 1.54. The molecule has 5 rings (SSSR count). The van der Waals surface area contributed by atoms with E-state index in [0.29, 0.717) is 18.9 Å². The maximum absolute atomic E-state index is 6.63. The molecule has 2 aromatic heterocycles. The molecule has 0 fully saturated rings. The van der Waals surface area contributed by atoms with Crippen LogP contribution in [-0.4, -0.2) is 35.2 Å². The Bertz CT molecular complexity index is 1280. The molecule has 0 bridgehead atoms. The molecule has 0 saturated heterocycles. The second kappa shape index (κ2) is 7.85. The molecule has 0 aliphatic carbocycles. The van der Waals surface area contributed by atoms with Crippen molar-refractivity contribution in [1.82, 2.24) is 20.6 Å². The molecule has 1 atom stereocenters. The number of H-pyrrole nitrogens is 2. The Balaban J connectivity index is 1.26. The zero-order chi connectivity index (χ0) is 21.3. The van der Waals surface area contributed by atoms with Crippen molar-refractivity contribution < 1.29 is 4.74 Å². The predicted molar refractivity (Wildman–Crippen MR) is 125 cm³/mol. The highest BCUT2D eigenvalue weighted by atomic mass is 16.5. The van der Waals surface area contributed by atoms with Crippen LogP contribution in [0.25, 0.3) is 21.8 Å². The molecule has 1 aliphatic rings. The molecule has 2 aromatic carbocycles. The van der Waals surface area contributed by atoms with Gasteiger partial charge in [0, 0.05) is 48.0 Å². The Morgan fingerprint density at radius 2 is 2.00 bits per heavy atom. The molecular weight excluding hydrogens is 388 g/mol. The van der Waals surface area contributed by atoms with E-state index >= 15 is 0 Å². The fourth-order valence-corrected chi connectivity index (χ4v) is 4.08. The van der Waals surface area contributed by atoms with Gasteiger partial charge < -0.3 is 31.1 Å². The number of aromatic nitrogens is 2. The van der Waals surface area contributed by atoms with E-state index in [2.05, 4.69) is 50.9 Å². The van der Waals surface area contributed by atoms with Gasteiger partial charge in [-0.15, -0.1) is 0 Å². The molecule has 6 N–H and O–H groups in total. The average Bonchev–Trinajstić information content (AvgIpc) is 3.39. The van der Waals surface area contributed by atoms with Gasteiger partial charge in [-0.3, -0.25) is 4.99 Å². The fraction of sp³-hybridized carbons (Fsp3) is 0.208. The first kappa shape index (κ1) is 19.3. The normalized spacial score (nSPS) is 19.6. The van der Waals surface area contributed by atoms with E-state index in [1.54, 1.807) is 7.11 Å². The van der Waals surface area contributed by atoms with Crippen LogP contribution in [0.5, 0.6) is 5.75 Å². The third-order valence-corrected chi connectivity index (χ3v) is 5.69. The number of fused-ring (bicyclic) bond motifs is 2. The van der Waals surface area contributed by atoms with E-state index in [0.717, 1.165) is 34.2 Å². The highest BCUT2D eigenvalue weighted by Gasteiger charge is 2.26. The second-order valence-corrected chi connectivity index (χ2v) is 7.92. The summed E-state index contributed by atoms with van der Waals surface area (Å²) in [6.07, 6.45) is 9.25. The summed E-state index contributed by atoms with van der Waals surface area (Å²) in [6, 6.07) is 14.5. The minimum Gasteiger partial charge on any atom is -0.497 e. The Morgan fingerprint density at radius 3 is 2.90 bits per heavy atom. The predicted octanol–water partition coefficient (Wildman–Crippen LogP) is 3.16. The van der Waals surface area contributed by atoms with Crippen LogP contribution in [0, 0.1) is 0 Å². The lowest BCUT2D eigenvalue weighted by Crippen LogP contribution is -2.61. The molecule has 4 aromatic rings. The van der Waals surface area contributed by atoms with Crippen LogP contribution in [0.2, 0.25) is 0 Å². The second-order valence-electron chi connectivity index (χ2n) is 7.92. The number of guanidine groups is 1. The van der Waals surface area contributed by atoms with Crippen LogP contribution in [0.15, 0.2) is 72.1 Å². The summed E-state index contributed by atoms with van der Waals surface area (Å²) >= 11 is 0. The number of rotatable bonds is 6. The van der Waals surface area contributed by atoms with Crippen molar-refractivity contribution in [2.45, 2.75) is 18.5 Å². The maximum atomic E-state index is 6.63. The number of nitrogens with zero attached hydrogens (tertiary/aromatic N) is 1. The molecule has 0 saturated carbocycles. The highest BCUT2D eigenvalue weighted by Crippen LogP contribution is 2.24. The molecule has 7 nitrogen and oxygen atoms in total. The Labute approximate surface area is 180 Å². The molecule has 158 valence electrons. The lowest BCUT2D eigenvalue weighted by atomic mass is 9.98. The summed E-state index contributed by atoms with van der Waals surface area (Å²) in [5, 5.41) is 8.87. The first-order chi connectivity index (χ1) is 15.1. The van der Waals surface area contributed by atoms with Crippen molar-refractivity contribution in [2.24, 2.45) is 10.7 Å². The molecule has 7 heteroatoms. The number of aromatic amines is 2. The molecular formula is C24H26N6O. The maximum Gasteiger partial charge on any atom is 0.197 e. The minimum absolute atomic E-state index is 0.637. The Morgan fingerprint density at radius 1 is 1.06 bits per heavy atom. The first-order valence-corrected chi connectivity index (χ1v) is 10.4. The molecule has 0 radical (unpaired) electrons. The van der Waals surface area contributed by atoms with E-state index in [-0.39, 0.29) is 0 Å². The zero-order valence-corrected chi connectivity index (χ0v) is 17.4. The lowest BCUT2D eigenvalue weighted by molar-refractivity contribution is 0.415. The van der Waals surface area contributed by atoms with Crippen LogP contribution < -0.4 is 21.1 Å². The van der Waals surface area contributed by atoms with Crippen molar-refractivity contribution in [2.75, 3.05) is 13.7 Å². The average molecular weight is 415 g/mol. The van der Waals surface area contributed by atoms with Gasteiger partial charge in [0.1, 0.15) is 11.4 Å². The zero-order valence-electron chi connectivity index (χ0n) is 17.4. The van der Waals surface area contributed by atoms with Crippen LogP contribution in [0.3, 0.4) is 0 Å². The molecule has 0 amide bonds. The quantitative estimate of drug-likeness (QED) is 0.334. The van der Waals surface area contributed by atoms with Gasteiger partial charge in [0.15, 0.2) is 5.96 Å². The number of benzene rings is 2. The smallest absolute Gasteiger partial charge is 0.197 e. The monoisotopic (exact) mass is 414 g/mol. The molecule has 1 aliphatic heterocycles. The van der Waals surface area contributed by atoms with Gasteiger partial charge in [-0.1, -0.05) is 12.1 Å². The van der Waals surface area contributed by atoms with E-state index in [4.69, 9.17) is 15.5 Å². The third-order valence-electron chi connectivity index (χ3n) is 5.69. The van der Waals surface area contributed by atoms with Gasteiger partial charge in [-0.05, 0) is 59.3 Å². The number of methoxy groups -OCH3 is 1. The van der Waals surface area contributed by atoms with Crippen LogP contribution >= 0.6 is 0 Å². The Kier molecular flexibility index (Phi) is 4.88. The van der Waals surface area contributed by atoms with E-state index in [1.807, 2.05) is 36.8 Å². The SMILES string of the molecule is COc1ccc2[nH]cc(CCN=C3NC=CC(N)(Cc4ccc5cc[nH]c5c4)N3)c2c1. The number of hydrogen-bond acceptors (Lipinski definition) is 3.